The number of sulfonamides is 1. The van der Waals surface area contributed by atoms with Crippen molar-refractivity contribution < 1.29 is 18.0 Å². The third-order valence-electron chi connectivity index (χ3n) is 5.72. The summed E-state index contributed by atoms with van der Waals surface area (Å²) in [6.45, 7) is 0. The molecule has 11 heteroatoms. The summed E-state index contributed by atoms with van der Waals surface area (Å²) in [7, 11) is -4.06. The Morgan fingerprint density at radius 1 is 1.00 bits per heavy atom. The Balaban J connectivity index is 1.57. The number of thioether (sulfide) groups is 1. The summed E-state index contributed by atoms with van der Waals surface area (Å²) >= 11 is 12.8. The van der Waals surface area contributed by atoms with Crippen LogP contribution in [-0.2, 0) is 19.6 Å². The van der Waals surface area contributed by atoms with Crippen LogP contribution in [-0.4, -0.2) is 41.6 Å². The van der Waals surface area contributed by atoms with Crippen molar-refractivity contribution in [1.82, 2.24) is 4.90 Å². The van der Waals surface area contributed by atoms with Gasteiger partial charge in [-0.3, -0.25) is 14.5 Å². The van der Waals surface area contributed by atoms with E-state index in [2.05, 4.69) is 9.71 Å². The van der Waals surface area contributed by atoms with Gasteiger partial charge in [-0.1, -0.05) is 54.2 Å². The predicted molar refractivity (Wildman–Crippen MR) is 136 cm³/mol. The third-order valence-corrected chi connectivity index (χ3v) is 8.77. The minimum absolute atomic E-state index is 0.00928. The van der Waals surface area contributed by atoms with Gasteiger partial charge in [0.05, 0.1) is 4.90 Å². The second-order valence-corrected chi connectivity index (χ2v) is 11.8. The lowest BCUT2D eigenvalue weighted by atomic mass is 9.94. The standard InChI is InChI=1S/C23H23Cl2N3O4S2/c24-15-6-10-17(11-7-15)26-21(29)14-20-22(30)28(18-4-2-1-3-5-18)23(33-20)27-34(31,32)19-12-8-16(25)9-13-19/h6-13,18,20H,1-5,14H2,(H,26,29). The number of halogens is 2. The Morgan fingerprint density at radius 2 is 1.59 bits per heavy atom. The van der Waals surface area contributed by atoms with Crippen molar-refractivity contribution in [1.29, 1.82) is 0 Å². The minimum Gasteiger partial charge on any atom is -0.326 e. The largest absolute Gasteiger partial charge is 0.326 e. The van der Waals surface area contributed by atoms with Crippen LogP contribution in [0.2, 0.25) is 10.0 Å². The first-order valence-corrected chi connectivity index (χ1v) is 14.0. The fraction of sp³-hybridized carbons (Fsp3) is 0.348. The van der Waals surface area contributed by atoms with Gasteiger partial charge >= 0.3 is 0 Å². The Hall–Kier alpha value is -2.07. The fourth-order valence-corrected chi connectivity index (χ4v) is 6.68. The van der Waals surface area contributed by atoms with E-state index in [1.54, 1.807) is 24.3 Å². The van der Waals surface area contributed by atoms with E-state index in [0.29, 0.717) is 15.7 Å². The van der Waals surface area contributed by atoms with E-state index in [1.807, 2.05) is 0 Å². The lowest BCUT2D eigenvalue weighted by molar-refractivity contribution is -0.130. The van der Waals surface area contributed by atoms with Crippen LogP contribution in [0.25, 0.3) is 0 Å². The topological polar surface area (TPSA) is 95.9 Å². The Kier molecular flexibility index (Phi) is 7.87. The molecule has 1 N–H and O–H groups in total. The molecule has 0 radical (unpaired) electrons. The van der Waals surface area contributed by atoms with Crippen molar-refractivity contribution in [3.05, 3.63) is 58.6 Å². The molecule has 2 aliphatic rings. The van der Waals surface area contributed by atoms with Crippen molar-refractivity contribution in [3.8, 4) is 0 Å². The van der Waals surface area contributed by atoms with Gasteiger partial charge in [-0.2, -0.15) is 8.42 Å². The zero-order valence-electron chi connectivity index (χ0n) is 18.1. The van der Waals surface area contributed by atoms with Crippen LogP contribution in [0.5, 0.6) is 0 Å². The molecule has 34 heavy (non-hydrogen) atoms. The van der Waals surface area contributed by atoms with E-state index in [0.717, 1.165) is 43.9 Å². The molecule has 180 valence electrons. The fourth-order valence-electron chi connectivity index (χ4n) is 4.03. The highest BCUT2D eigenvalue weighted by molar-refractivity contribution is 8.16. The summed E-state index contributed by atoms with van der Waals surface area (Å²) < 4.78 is 30.0. The highest BCUT2D eigenvalue weighted by Gasteiger charge is 2.43. The predicted octanol–water partition coefficient (Wildman–Crippen LogP) is 5.34. The molecule has 2 aromatic rings. The van der Waals surface area contributed by atoms with Crippen LogP contribution in [0, 0.1) is 0 Å². The van der Waals surface area contributed by atoms with E-state index < -0.39 is 15.3 Å². The van der Waals surface area contributed by atoms with Gasteiger partial charge in [0.2, 0.25) is 11.8 Å². The molecule has 1 saturated carbocycles. The summed E-state index contributed by atoms with van der Waals surface area (Å²) in [5, 5.41) is 3.07. The molecule has 4 rings (SSSR count). The summed E-state index contributed by atoms with van der Waals surface area (Å²) in [6.07, 6.45) is 4.44. The molecule has 1 heterocycles. The molecule has 1 aliphatic heterocycles. The van der Waals surface area contributed by atoms with Gasteiger partial charge in [0, 0.05) is 28.2 Å². The van der Waals surface area contributed by atoms with Crippen LogP contribution in [0.4, 0.5) is 5.69 Å². The Labute approximate surface area is 213 Å². The maximum atomic E-state index is 13.3. The van der Waals surface area contributed by atoms with Gasteiger partial charge < -0.3 is 5.32 Å². The van der Waals surface area contributed by atoms with E-state index in [9.17, 15) is 18.0 Å². The molecule has 0 spiro atoms. The molecule has 1 unspecified atom stereocenters. The number of carbonyl (C=O) groups is 2. The van der Waals surface area contributed by atoms with Gasteiger partial charge in [-0.25, -0.2) is 0 Å². The smallest absolute Gasteiger partial charge is 0.284 e. The van der Waals surface area contributed by atoms with Gasteiger partial charge in [-0.05, 0) is 61.4 Å². The number of hydrogen-bond acceptors (Lipinski definition) is 5. The van der Waals surface area contributed by atoms with Gasteiger partial charge in [0.25, 0.3) is 10.0 Å². The summed E-state index contributed by atoms with van der Waals surface area (Å²) in [6, 6.07) is 12.2. The number of hydrogen-bond donors (Lipinski definition) is 1. The Morgan fingerprint density at radius 3 is 2.21 bits per heavy atom. The normalized spacial score (nSPS) is 20.6. The van der Waals surface area contributed by atoms with E-state index in [-0.39, 0.29) is 34.3 Å². The minimum atomic E-state index is -4.06. The maximum Gasteiger partial charge on any atom is 0.284 e. The first-order chi connectivity index (χ1) is 16.2. The van der Waals surface area contributed by atoms with E-state index in [1.165, 1.54) is 29.2 Å². The number of nitrogens with one attached hydrogen (secondary N) is 1. The molecule has 7 nitrogen and oxygen atoms in total. The first kappa shape index (κ1) is 25.0. The number of amidine groups is 1. The molecule has 2 amide bonds. The van der Waals surface area contributed by atoms with Crippen molar-refractivity contribution in [2.24, 2.45) is 4.40 Å². The molecule has 0 aromatic heterocycles. The highest BCUT2D eigenvalue weighted by atomic mass is 35.5. The Bertz CT molecular complexity index is 1200. The lowest BCUT2D eigenvalue weighted by Gasteiger charge is -2.30. The molecule has 2 fully saturated rings. The third kappa shape index (κ3) is 5.94. The molecule has 0 bridgehead atoms. The SMILES string of the molecule is O=C(CC1SC(=NS(=O)(=O)c2ccc(Cl)cc2)N(C2CCCCC2)C1=O)Nc1ccc(Cl)cc1. The molecule has 1 saturated heterocycles. The summed E-state index contributed by atoms with van der Waals surface area (Å²) in [5.41, 5.74) is 0.563. The van der Waals surface area contributed by atoms with Crippen LogP contribution in [0.15, 0.2) is 57.8 Å². The van der Waals surface area contributed by atoms with Gasteiger partial charge in [-0.15, -0.1) is 4.40 Å². The first-order valence-electron chi connectivity index (χ1n) is 10.9. The van der Waals surface area contributed by atoms with E-state index in [4.69, 9.17) is 23.2 Å². The summed E-state index contributed by atoms with van der Waals surface area (Å²) in [5.74, 6) is -0.633. The van der Waals surface area contributed by atoms with Crippen LogP contribution < -0.4 is 5.32 Å². The second-order valence-electron chi connectivity index (χ2n) is 8.17. The van der Waals surface area contributed by atoms with Crippen molar-refractivity contribution in [2.75, 3.05) is 5.32 Å². The number of carbonyl (C=O) groups excluding carboxylic acids is 2. The molecular weight excluding hydrogens is 517 g/mol. The average Bonchev–Trinajstić information content (AvgIpc) is 3.10. The van der Waals surface area contributed by atoms with E-state index >= 15 is 0 Å². The van der Waals surface area contributed by atoms with Crippen LogP contribution in [0.1, 0.15) is 38.5 Å². The number of benzene rings is 2. The molecular formula is C23H23Cl2N3O4S2. The number of amides is 2. The molecule has 1 aliphatic carbocycles. The van der Waals surface area contributed by atoms with Crippen molar-refractivity contribution >= 4 is 67.7 Å². The molecule has 1 atom stereocenters. The summed E-state index contributed by atoms with van der Waals surface area (Å²) in [4.78, 5) is 27.4. The van der Waals surface area contributed by atoms with Crippen molar-refractivity contribution in [3.63, 3.8) is 0 Å². The maximum absolute atomic E-state index is 13.3. The number of nitrogens with zero attached hydrogens (tertiary/aromatic N) is 2. The average molecular weight is 540 g/mol. The highest BCUT2D eigenvalue weighted by Crippen LogP contribution is 2.36. The van der Waals surface area contributed by atoms with Crippen molar-refractivity contribution in [2.45, 2.75) is 54.7 Å². The monoisotopic (exact) mass is 539 g/mol. The lowest BCUT2D eigenvalue weighted by Crippen LogP contribution is -2.42. The number of anilines is 1. The quantitative estimate of drug-likeness (QED) is 0.534. The zero-order chi connectivity index (χ0) is 24.3. The van der Waals surface area contributed by atoms with Crippen LogP contribution >= 0.6 is 35.0 Å². The van der Waals surface area contributed by atoms with Gasteiger partial charge in [0.1, 0.15) is 5.25 Å². The second kappa shape index (κ2) is 10.7. The number of rotatable bonds is 6. The molecule has 2 aromatic carbocycles. The van der Waals surface area contributed by atoms with Crippen LogP contribution in [0.3, 0.4) is 0 Å². The van der Waals surface area contributed by atoms with Gasteiger partial charge in [0.15, 0.2) is 5.17 Å². The zero-order valence-corrected chi connectivity index (χ0v) is 21.3.